The summed E-state index contributed by atoms with van der Waals surface area (Å²) in [6.07, 6.45) is 24.3. The second kappa shape index (κ2) is 27.1. The van der Waals surface area contributed by atoms with Crippen molar-refractivity contribution in [2.24, 2.45) is 0 Å². The first-order chi connectivity index (χ1) is 13.7. The summed E-state index contributed by atoms with van der Waals surface area (Å²) in [5.74, 6) is -0.913. The zero-order chi connectivity index (χ0) is 20.7. The van der Waals surface area contributed by atoms with E-state index in [0.717, 1.165) is 13.1 Å². The molecule has 0 saturated carbocycles. The SMILES string of the molecule is CCCCCCCCCCCN(CCCCCCCCCCC)CCC(=O)[O-].[K+]. The van der Waals surface area contributed by atoms with Crippen molar-refractivity contribution in [1.29, 1.82) is 0 Å². The number of rotatable bonds is 23. The molecule has 0 unspecified atom stereocenters. The Morgan fingerprint density at radius 1 is 0.552 bits per heavy atom. The third-order valence-corrected chi connectivity index (χ3v) is 5.79. The second-order valence-corrected chi connectivity index (χ2v) is 8.62. The predicted molar refractivity (Wildman–Crippen MR) is 121 cm³/mol. The predicted octanol–water partition coefficient (Wildman–Crippen LogP) is 3.49. The van der Waals surface area contributed by atoms with E-state index < -0.39 is 5.97 Å². The van der Waals surface area contributed by atoms with E-state index in [9.17, 15) is 9.90 Å². The molecule has 0 aliphatic rings. The summed E-state index contributed by atoms with van der Waals surface area (Å²) in [7, 11) is 0. The molecule has 0 heterocycles. The molecule has 4 heteroatoms. The number of carbonyl (C=O) groups excluding carboxylic acids is 1. The van der Waals surface area contributed by atoms with Crippen LogP contribution in [0.25, 0.3) is 0 Å². The Labute approximate surface area is 225 Å². The normalized spacial score (nSPS) is 11.0. The van der Waals surface area contributed by atoms with Gasteiger partial charge in [0.1, 0.15) is 0 Å². The van der Waals surface area contributed by atoms with E-state index in [0.29, 0.717) is 6.54 Å². The standard InChI is InChI=1S/C25H51NO2.K/c1-3-5-7-9-11-13-15-17-19-22-26(24-21-25(27)28)23-20-18-16-14-12-10-8-6-4-2;/h3-24H2,1-2H3,(H,27,28);/q;+1/p-1. The maximum Gasteiger partial charge on any atom is 1.00 e. The van der Waals surface area contributed by atoms with Crippen molar-refractivity contribution >= 4 is 5.97 Å². The van der Waals surface area contributed by atoms with Gasteiger partial charge in [0, 0.05) is 12.5 Å². The molecule has 0 atom stereocenters. The largest absolute Gasteiger partial charge is 1.00 e. The molecular formula is C25H50KNO2. The molecule has 0 aliphatic carbocycles. The minimum absolute atomic E-state index is 0. The molecule has 0 aliphatic heterocycles. The van der Waals surface area contributed by atoms with Gasteiger partial charge < -0.3 is 14.8 Å². The van der Waals surface area contributed by atoms with Crippen molar-refractivity contribution in [1.82, 2.24) is 4.90 Å². The first-order valence-corrected chi connectivity index (χ1v) is 12.6. The average Bonchev–Trinajstić information content (AvgIpc) is 2.68. The van der Waals surface area contributed by atoms with Crippen molar-refractivity contribution < 1.29 is 61.3 Å². The van der Waals surface area contributed by atoms with Crippen LogP contribution in [0, 0.1) is 0 Å². The Kier molecular flexibility index (Phi) is 30.1. The summed E-state index contributed by atoms with van der Waals surface area (Å²) in [6, 6.07) is 0. The fourth-order valence-corrected chi connectivity index (χ4v) is 3.88. The van der Waals surface area contributed by atoms with E-state index in [1.165, 1.54) is 116 Å². The second-order valence-electron chi connectivity index (χ2n) is 8.62. The number of carboxylic acids is 1. The van der Waals surface area contributed by atoms with E-state index in [1.54, 1.807) is 0 Å². The number of unbranched alkanes of at least 4 members (excludes halogenated alkanes) is 16. The quantitative estimate of drug-likeness (QED) is 0.182. The molecule has 0 bridgehead atoms. The van der Waals surface area contributed by atoms with Gasteiger partial charge in [-0.15, -0.1) is 0 Å². The third kappa shape index (κ3) is 27.0. The average molecular weight is 436 g/mol. The molecule has 3 nitrogen and oxygen atoms in total. The van der Waals surface area contributed by atoms with Gasteiger partial charge in [-0.3, -0.25) is 0 Å². The Morgan fingerprint density at radius 3 is 1.17 bits per heavy atom. The molecule has 29 heavy (non-hydrogen) atoms. The molecule has 0 amide bonds. The maximum absolute atomic E-state index is 10.8. The number of carbonyl (C=O) groups is 1. The molecular weight excluding hydrogens is 385 g/mol. The van der Waals surface area contributed by atoms with E-state index in [1.807, 2.05) is 0 Å². The van der Waals surface area contributed by atoms with Gasteiger partial charge >= 0.3 is 51.4 Å². The number of hydrogen-bond acceptors (Lipinski definition) is 3. The van der Waals surface area contributed by atoms with Gasteiger partial charge in [0.2, 0.25) is 0 Å². The molecule has 168 valence electrons. The van der Waals surface area contributed by atoms with Crippen LogP contribution in [0.5, 0.6) is 0 Å². The Balaban J connectivity index is 0. The van der Waals surface area contributed by atoms with Gasteiger partial charge in [0.25, 0.3) is 0 Å². The monoisotopic (exact) mass is 435 g/mol. The Morgan fingerprint density at radius 2 is 0.862 bits per heavy atom. The molecule has 0 radical (unpaired) electrons. The first kappa shape index (κ1) is 32.2. The summed E-state index contributed by atoms with van der Waals surface area (Å²) in [6.45, 7) is 7.30. The van der Waals surface area contributed by atoms with Crippen LogP contribution in [0.3, 0.4) is 0 Å². The fraction of sp³-hybridized carbons (Fsp3) is 0.960. The van der Waals surface area contributed by atoms with Crippen molar-refractivity contribution in [3.63, 3.8) is 0 Å². The van der Waals surface area contributed by atoms with Gasteiger partial charge in [-0.25, -0.2) is 0 Å². The number of carboxylic acid groups (broad SMARTS) is 1. The van der Waals surface area contributed by atoms with Crippen LogP contribution in [0.2, 0.25) is 0 Å². The number of nitrogens with zero attached hydrogens (tertiary/aromatic N) is 1. The summed E-state index contributed by atoms with van der Waals surface area (Å²) >= 11 is 0. The topological polar surface area (TPSA) is 43.4 Å². The van der Waals surface area contributed by atoms with Gasteiger partial charge in [-0.1, -0.05) is 117 Å². The van der Waals surface area contributed by atoms with Crippen LogP contribution in [0.1, 0.15) is 136 Å². The summed E-state index contributed by atoms with van der Waals surface area (Å²) in [5.41, 5.74) is 0. The van der Waals surface area contributed by atoms with Gasteiger partial charge in [0.05, 0.1) is 0 Å². The van der Waals surface area contributed by atoms with Gasteiger partial charge in [0.15, 0.2) is 0 Å². The molecule has 0 aromatic heterocycles. The zero-order valence-electron chi connectivity index (χ0n) is 20.3. The molecule has 0 N–H and O–H groups in total. The van der Waals surface area contributed by atoms with E-state index in [2.05, 4.69) is 18.7 Å². The molecule has 0 rings (SSSR count). The smallest absolute Gasteiger partial charge is 0.550 e. The van der Waals surface area contributed by atoms with Crippen molar-refractivity contribution in [3.8, 4) is 0 Å². The molecule has 0 aromatic rings. The zero-order valence-corrected chi connectivity index (χ0v) is 23.4. The minimum Gasteiger partial charge on any atom is -0.550 e. The maximum atomic E-state index is 10.8. The minimum atomic E-state index is -0.913. The first-order valence-electron chi connectivity index (χ1n) is 12.6. The van der Waals surface area contributed by atoms with Crippen LogP contribution < -0.4 is 56.5 Å². The fourth-order valence-electron chi connectivity index (χ4n) is 3.88. The Bertz CT molecular complexity index is 304. The molecule has 0 spiro atoms. The Hall–Kier alpha value is 1.07. The van der Waals surface area contributed by atoms with Crippen LogP contribution in [-0.4, -0.2) is 30.5 Å². The number of hydrogen-bond donors (Lipinski definition) is 0. The van der Waals surface area contributed by atoms with Crippen LogP contribution in [-0.2, 0) is 4.79 Å². The van der Waals surface area contributed by atoms with E-state index >= 15 is 0 Å². The number of aliphatic carboxylic acids is 1. The van der Waals surface area contributed by atoms with Crippen LogP contribution >= 0.6 is 0 Å². The summed E-state index contributed by atoms with van der Waals surface area (Å²) < 4.78 is 0. The molecule has 0 saturated heterocycles. The van der Waals surface area contributed by atoms with E-state index in [4.69, 9.17) is 0 Å². The van der Waals surface area contributed by atoms with Gasteiger partial charge in [-0.05, 0) is 32.4 Å². The molecule has 0 fully saturated rings. The summed E-state index contributed by atoms with van der Waals surface area (Å²) in [5, 5.41) is 10.8. The van der Waals surface area contributed by atoms with E-state index in [-0.39, 0.29) is 57.8 Å². The van der Waals surface area contributed by atoms with Gasteiger partial charge in [-0.2, -0.15) is 0 Å². The molecule has 0 aromatic carbocycles. The van der Waals surface area contributed by atoms with Crippen molar-refractivity contribution in [3.05, 3.63) is 0 Å². The van der Waals surface area contributed by atoms with Crippen molar-refractivity contribution in [2.75, 3.05) is 19.6 Å². The third-order valence-electron chi connectivity index (χ3n) is 5.79. The van der Waals surface area contributed by atoms with Crippen LogP contribution in [0.4, 0.5) is 0 Å². The van der Waals surface area contributed by atoms with Crippen LogP contribution in [0.15, 0.2) is 0 Å². The summed E-state index contributed by atoms with van der Waals surface area (Å²) in [4.78, 5) is 13.2. The van der Waals surface area contributed by atoms with Crippen molar-refractivity contribution in [2.45, 2.75) is 136 Å².